The molecular weight excluding hydrogens is 294 g/mol. The van der Waals surface area contributed by atoms with Crippen LogP contribution in [0.4, 0.5) is 0 Å². The number of rotatable bonds is 3. The van der Waals surface area contributed by atoms with Crippen LogP contribution in [0.5, 0.6) is 5.75 Å². The van der Waals surface area contributed by atoms with Crippen molar-refractivity contribution >= 4 is 28.1 Å². The number of phenols is 1. The molecule has 3 aromatic rings. The van der Waals surface area contributed by atoms with E-state index in [1.165, 1.54) is 0 Å². The highest BCUT2D eigenvalue weighted by Crippen LogP contribution is 2.35. The smallest absolute Gasteiger partial charge is 0.164 e. The van der Waals surface area contributed by atoms with Crippen molar-refractivity contribution in [1.29, 1.82) is 0 Å². The Balaban J connectivity index is 2.24. The second-order valence-electron chi connectivity index (χ2n) is 4.94. The van der Waals surface area contributed by atoms with E-state index in [0.717, 1.165) is 21.9 Å². The van der Waals surface area contributed by atoms with E-state index < -0.39 is 0 Å². The van der Waals surface area contributed by atoms with Gasteiger partial charge < -0.3 is 16.2 Å². The molecule has 0 spiro atoms. The summed E-state index contributed by atoms with van der Waals surface area (Å²) in [6.07, 6.45) is 3.40. The third-order valence-electron chi connectivity index (χ3n) is 3.56. The highest BCUT2D eigenvalue weighted by atomic mass is 32.1. The Morgan fingerprint density at radius 3 is 2.55 bits per heavy atom. The van der Waals surface area contributed by atoms with E-state index in [1.807, 2.05) is 42.5 Å². The number of hydrogen-bond donors (Lipinski definition) is 3. The highest BCUT2D eigenvalue weighted by molar-refractivity contribution is 7.80. The minimum absolute atomic E-state index is 0.175. The van der Waals surface area contributed by atoms with Crippen molar-refractivity contribution in [2.75, 3.05) is 0 Å². The van der Waals surface area contributed by atoms with E-state index in [0.29, 0.717) is 0 Å². The van der Waals surface area contributed by atoms with Gasteiger partial charge in [-0.1, -0.05) is 30.3 Å². The Bertz CT molecular complexity index is 821. The number of pyridine rings is 1. The summed E-state index contributed by atoms with van der Waals surface area (Å²) in [5, 5.41) is 15.6. The molecule has 0 fully saturated rings. The van der Waals surface area contributed by atoms with Gasteiger partial charge in [0.2, 0.25) is 0 Å². The van der Waals surface area contributed by atoms with Crippen molar-refractivity contribution in [2.24, 2.45) is 5.73 Å². The number of aromatic hydroxyl groups is 1. The lowest BCUT2D eigenvalue weighted by molar-refractivity contribution is 0.464. The summed E-state index contributed by atoms with van der Waals surface area (Å²) in [7, 11) is 0. The number of fused-ring (bicyclic) bond motifs is 1. The lowest BCUT2D eigenvalue weighted by atomic mass is 9.93. The van der Waals surface area contributed by atoms with Gasteiger partial charge in [0.25, 0.3) is 0 Å². The Labute approximate surface area is 133 Å². The summed E-state index contributed by atoms with van der Waals surface area (Å²) < 4.78 is 0. The molecule has 4 nitrogen and oxygen atoms in total. The first-order chi connectivity index (χ1) is 10.7. The molecule has 1 unspecified atom stereocenters. The number of benzene rings is 2. The molecule has 22 heavy (non-hydrogen) atoms. The predicted molar refractivity (Wildman–Crippen MR) is 91.6 cm³/mol. The standard InChI is InChI=1S/C17H15N3OS/c18-17(22)20-16(12-7-9-19-10-8-12)15-13-4-2-1-3-11(13)5-6-14(15)21/h1-10,16,21H,(H3,18,20,22). The Morgan fingerprint density at radius 2 is 1.82 bits per heavy atom. The van der Waals surface area contributed by atoms with Crippen molar-refractivity contribution in [1.82, 2.24) is 10.3 Å². The van der Waals surface area contributed by atoms with Gasteiger partial charge in [0.1, 0.15) is 5.75 Å². The zero-order valence-electron chi connectivity index (χ0n) is 11.7. The number of thiocarbonyl (C=S) groups is 1. The summed E-state index contributed by atoms with van der Waals surface area (Å²) in [6, 6.07) is 14.9. The van der Waals surface area contributed by atoms with Crippen LogP contribution < -0.4 is 11.1 Å². The molecule has 1 atom stereocenters. The quantitative estimate of drug-likeness (QED) is 0.649. The SMILES string of the molecule is NC(=S)NC(c1ccncc1)c1c(O)ccc2ccccc12. The molecular formula is C17H15N3OS. The van der Waals surface area contributed by atoms with Crippen LogP contribution in [0.3, 0.4) is 0 Å². The Kier molecular flexibility index (Phi) is 3.89. The number of nitrogens with one attached hydrogen (secondary N) is 1. The van der Waals surface area contributed by atoms with Crippen LogP contribution in [0, 0.1) is 0 Å². The van der Waals surface area contributed by atoms with E-state index in [9.17, 15) is 5.11 Å². The van der Waals surface area contributed by atoms with Gasteiger partial charge in [-0.15, -0.1) is 0 Å². The number of nitrogens with zero attached hydrogens (tertiary/aromatic N) is 1. The first-order valence-corrected chi connectivity index (χ1v) is 7.24. The normalized spacial score (nSPS) is 12.0. The second kappa shape index (κ2) is 5.99. The maximum atomic E-state index is 10.4. The van der Waals surface area contributed by atoms with Crippen molar-refractivity contribution < 1.29 is 5.11 Å². The molecule has 110 valence electrons. The van der Waals surface area contributed by atoms with Gasteiger partial charge >= 0.3 is 0 Å². The molecule has 2 aromatic carbocycles. The minimum Gasteiger partial charge on any atom is -0.508 e. The lowest BCUT2D eigenvalue weighted by Gasteiger charge is -2.22. The molecule has 0 saturated heterocycles. The average molecular weight is 309 g/mol. The summed E-state index contributed by atoms with van der Waals surface area (Å²) >= 11 is 5.01. The van der Waals surface area contributed by atoms with Crippen LogP contribution in [0.15, 0.2) is 60.9 Å². The van der Waals surface area contributed by atoms with Crippen LogP contribution in [0.25, 0.3) is 10.8 Å². The van der Waals surface area contributed by atoms with Crippen molar-refractivity contribution in [3.63, 3.8) is 0 Å². The fraction of sp³-hybridized carbons (Fsp3) is 0.0588. The topological polar surface area (TPSA) is 71.2 Å². The first kappa shape index (κ1) is 14.3. The van der Waals surface area contributed by atoms with Gasteiger partial charge in [-0.25, -0.2) is 0 Å². The van der Waals surface area contributed by atoms with Gasteiger partial charge in [0.05, 0.1) is 6.04 Å². The summed E-state index contributed by atoms with van der Waals surface area (Å²) in [5.74, 6) is 0.198. The molecule has 5 heteroatoms. The number of phenolic OH excluding ortho intramolecular Hbond substituents is 1. The van der Waals surface area contributed by atoms with Gasteiger partial charge in [-0.05, 0) is 46.8 Å². The predicted octanol–water partition coefficient (Wildman–Crippen LogP) is 2.86. The molecule has 0 aliphatic rings. The van der Waals surface area contributed by atoms with Gasteiger partial charge in [0.15, 0.2) is 5.11 Å². The minimum atomic E-state index is -0.341. The molecule has 0 amide bonds. The molecule has 0 aliphatic carbocycles. The monoisotopic (exact) mass is 309 g/mol. The molecule has 0 radical (unpaired) electrons. The highest BCUT2D eigenvalue weighted by Gasteiger charge is 2.20. The molecule has 1 aromatic heterocycles. The molecule has 1 heterocycles. The number of hydrogen-bond acceptors (Lipinski definition) is 3. The fourth-order valence-electron chi connectivity index (χ4n) is 2.61. The third-order valence-corrected chi connectivity index (χ3v) is 3.68. The van der Waals surface area contributed by atoms with Crippen molar-refractivity contribution in [3.05, 3.63) is 72.1 Å². The summed E-state index contributed by atoms with van der Waals surface area (Å²) in [5.41, 5.74) is 7.36. The second-order valence-corrected chi connectivity index (χ2v) is 5.38. The molecule has 0 bridgehead atoms. The zero-order chi connectivity index (χ0) is 15.5. The molecule has 4 N–H and O–H groups in total. The first-order valence-electron chi connectivity index (χ1n) is 6.83. The van der Waals surface area contributed by atoms with Gasteiger partial charge in [-0.3, -0.25) is 4.98 Å². The van der Waals surface area contributed by atoms with Crippen LogP contribution in [0.2, 0.25) is 0 Å². The third kappa shape index (κ3) is 2.71. The van der Waals surface area contributed by atoms with Crippen LogP contribution in [0.1, 0.15) is 17.2 Å². The van der Waals surface area contributed by atoms with Crippen LogP contribution in [-0.2, 0) is 0 Å². The van der Waals surface area contributed by atoms with Crippen molar-refractivity contribution in [2.45, 2.75) is 6.04 Å². The van der Waals surface area contributed by atoms with E-state index in [1.54, 1.807) is 18.5 Å². The van der Waals surface area contributed by atoms with Gasteiger partial charge in [0, 0.05) is 18.0 Å². The molecule has 0 saturated carbocycles. The maximum absolute atomic E-state index is 10.4. The van der Waals surface area contributed by atoms with E-state index in [4.69, 9.17) is 18.0 Å². The van der Waals surface area contributed by atoms with Gasteiger partial charge in [-0.2, -0.15) is 0 Å². The average Bonchev–Trinajstić information content (AvgIpc) is 2.54. The van der Waals surface area contributed by atoms with Crippen molar-refractivity contribution in [3.8, 4) is 5.75 Å². The van der Waals surface area contributed by atoms with E-state index in [2.05, 4.69) is 10.3 Å². The Morgan fingerprint density at radius 1 is 1.09 bits per heavy atom. The van der Waals surface area contributed by atoms with Crippen LogP contribution >= 0.6 is 12.2 Å². The molecule has 3 rings (SSSR count). The summed E-state index contributed by atoms with van der Waals surface area (Å²) in [6.45, 7) is 0. The number of aromatic nitrogens is 1. The maximum Gasteiger partial charge on any atom is 0.164 e. The zero-order valence-corrected chi connectivity index (χ0v) is 12.5. The number of nitrogens with two attached hydrogens (primary N) is 1. The van der Waals surface area contributed by atoms with E-state index >= 15 is 0 Å². The fourth-order valence-corrected chi connectivity index (χ4v) is 2.73. The molecule has 0 aliphatic heterocycles. The largest absolute Gasteiger partial charge is 0.508 e. The Hall–Kier alpha value is -2.66. The summed E-state index contributed by atoms with van der Waals surface area (Å²) in [4.78, 5) is 4.03. The van der Waals surface area contributed by atoms with E-state index in [-0.39, 0.29) is 16.9 Å². The van der Waals surface area contributed by atoms with Crippen LogP contribution in [-0.4, -0.2) is 15.2 Å². The lowest BCUT2D eigenvalue weighted by Crippen LogP contribution is -2.33.